The second-order valence-corrected chi connectivity index (χ2v) is 8.09. The molecule has 156 valence electrons. The maximum atomic E-state index is 11.4. The Labute approximate surface area is 159 Å². The minimum atomic E-state index is -1.50. The number of hydrogen-bond donors (Lipinski definition) is 5. The molecule has 8 nitrogen and oxygen atoms in total. The Bertz CT molecular complexity index is 560. The van der Waals surface area contributed by atoms with Crippen molar-refractivity contribution in [1.29, 1.82) is 0 Å². The van der Waals surface area contributed by atoms with Gasteiger partial charge in [-0.25, -0.2) is 0 Å². The molecule has 0 saturated carbocycles. The highest BCUT2D eigenvalue weighted by atomic mass is 16.7. The molecule has 0 spiro atoms. The fourth-order valence-corrected chi connectivity index (χ4v) is 4.14. The quantitative estimate of drug-likeness (QED) is 0.373. The lowest BCUT2D eigenvalue weighted by Crippen LogP contribution is -2.59. The minimum Gasteiger partial charge on any atom is -0.394 e. The summed E-state index contributed by atoms with van der Waals surface area (Å²) in [5.41, 5.74) is 1.51. The van der Waals surface area contributed by atoms with E-state index in [4.69, 9.17) is 9.47 Å². The Balaban J connectivity index is 2.12. The van der Waals surface area contributed by atoms with E-state index in [1.807, 2.05) is 13.8 Å². The van der Waals surface area contributed by atoms with Crippen LogP contribution in [-0.2, 0) is 14.3 Å². The average Bonchev–Trinajstić information content (AvgIpc) is 2.58. The van der Waals surface area contributed by atoms with Crippen molar-refractivity contribution in [2.75, 3.05) is 13.2 Å². The molecule has 1 saturated heterocycles. The predicted octanol–water partition coefficient (Wildman–Crippen LogP) is -0.350. The normalized spacial score (nSPS) is 40.3. The van der Waals surface area contributed by atoms with Crippen molar-refractivity contribution in [3.63, 3.8) is 0 Å². The van der Waals surface area contributed by atoms with Crippen LogP contribution in [0.25, 0.3) is 0 Å². The lowest BCUT2D eigenvalue weighted by molar-refractivity contribution is -0.305. The SMILES string of the molecule is CC(=O)CCC1=C(C)CC(O)CC1(C)COC1OC(CO)C(O)C(O)C1O. The molecule has 0 amide bonds. The van der Waals surface area contributed by atoms with Gasteiger partial charge < -0.3 is 39.8 Å². The molecule has 7 unspecified atom stereocenters. The summed E-state index contributed by atoms with van der Waals surface area (Å²) in [5, 5.41) is 49.4. The predicted molar refractivity (Wildman–Crippen MR) is 95.7 cm³/mol. The summed E-state index contributed by atoms with van der Waals surface area (Å²) in [4.78, 5) is 11.4. The number of aliphatic hydroxyl groups excluding tert-OH is 5. The molecule has 1 aliphatic heterocycles. The number of ether oxygens (including phenoxy) is 2. The molecule has 0 aromatic carbocycles. The van der Waals surface area contributed by atoms with E-state index in [2.05, 4.69) is 0 Å². The van der Waals surface area contributed by atoms with Crippen LogP contribution in [0.3, 0.4) is 0 Å². The zero-order chi connectivity index (χ0) is 20.4. The van der Waals surface area contributed by atoms with Crippen LogP contribution in [0.15, 0.2) is 11.1 Å². The smallest absolute Gasteiger partial charge is 0.186 e. The van der Waals surface area contributed by atoms with Gasteiger partial charge in [-0.1, -0.05) is 18.1 Å². The van der Waals surface area contributed by atoms with Crippen LogP contribution in [0.5, 0.6) is 0 Å². The number of rotatable bonds is 7. The minimum absolute atomic E-state index is 0.0821. The first-order valence-electron chi connectivity index (χ1n) is 9.37. The molecule has 1 aliphatic carbocycles. The van der Waals surface area contributed by atoms with Crippen LogP contribution in [0.4, 0.5) is 0 Å². The molecule has 27 heavy (non-hydrogen) atoms. The average molecular weight is 388 g/mol. The van der Waals surface area contributed by atoms with E-state index in [1.165, 1.54) is 6.92 Å². The Morgan fingerprint density at radius 2 is 1.89 bits per heavy atom. The molecule has 2 rings (SSSR count). The molecule has 7 atom stereocenters. The molecule has 1 fully saturated rings. The van der Waals surface area contributed by atoms with E-state index in [0.29, 0.717) is 25.7 Å². The standard InChI is InChI=1S/C19H32O8/c1-10-6-12(22)7-19(3,13(10)5-4-11(2)21)9-26-18-17(25)16(24)15(23)14(8-20)27-18/h12,14-18,20,22-25H,4-9H2,1-3H3. The summed E-state index contributed by atoms with van der Waals surface area (Å²) in [7, 11) is 0. The van der Waals surface area contributed by atoms with E-state index < -0.39 is 48.8 Å². The summed E-state index contributed by atoms with van der Waals surface area (Å²) in [5.74, 6) is 0.0821. The summed E-state index contributed by atoms with van der Waals surface area (Å²) in [6.45, 7) is 4.97. The molecule has 0 aromatic rings. The number of aliphatic hydroxyl groups is 5. The van der Waals surface area contributed by atoms with Gasteiger partial charge in [0.25, 0.3) is 0 Å². The molecule has 2 aliphatic rings. The van der Waals surface area contributed by atoms with E-state index in [0.717, 1.165) is 11.1 Å². The van der Waals surface area contributed by atoms with Crippen molar-refractivity contribution in [3.05, 3.63) is 11.1 Å². The molecule has 0 aromatic heterocycles. The highest BCUT2D eigenvalue weighted by Gasteiger charge is 2.45. The molecule has 5 N–H and O–H groups in total. The molecule has 1 heterocycles. The highest BCUT2D eigenvalue weighted by Crippen LogP contribution is 2.43. The van der Waals surface area contributed by atoms with Gasteiger partial charge in [-0.2, -0.15) is 0 Å². The van der Waals surface area contributed by atoms with Crippen molar-refractivity contribution in [2.45, 2.75) is 83.3 Å². The second-order valence-electron chi connectivity index (χ2n) is 8.09. The maximum absolute atomic E-state index is 11.4. The van der Waals surface area contributed by atoms with Crippen molar-refractivity contribution in [2.24, 2.45) is 5.41 Å². The van der Waals surface area contributed by atoms with Gasteiger partial charge in [0.2, 0.25) is 0 Å². The van der Waals surface area contributed by atoms with Crippen LogP contribution >= 0.6 is 0 Å². The zero-order valence-corrected chi connectivity index (χ0v) is 16.2. The first-order chi connectivity index (χ1) is 12.6. The third-order valence-corrected chi connectivity index (χ3v) is 5.61. The lowest BCUT2D eigenvalue weighted by Gasteiger charge is -2.43. The molecule has 0 bridgehead atoms. The van der Waals surface area contributed by atoms with Gasteiger partial charge in [-0.05, 0) is 33.1 Å². The number of Topliss-reactive ketones (excluding diaryl/α,β-unsaturated/α-hetero) is 1. The second kappa shape index (κ2) is 9.09. The fraction of sp³-hybridized carbons (Fsp3) is 0.842. The Morgan fingerprint density at radius 1 is 1.22 bits per heavy atom. The molecule has 0 radical (unpaired) electrons. The first-order valence-corrected chi connectivity index (χ1v) is 9.37. The highest BCUT2D eigenvalue weighted by molar-refractivity contribution is 5.75. The van der Waals surface area contributed by atoms with Crippen LogP contribution in [0.2, 0.25) is 0 Å². The van der Waals surface area contributed by atoms with Gasteiger partial charge in [0.05, 0.1) is 19.3 Å². The number of ketones is 1. The van der Waals surface area contributed by atoms with Crippen LogP contribution in [0, 0.1) is 5.41 Å². The fourth-order valence-electron chi connectivity index (χ4n) is 4.14. The Morgan fingerprint density at radius 3 is 2.48 bits per heavy atom. The number of carbonyl (C=O) groups is 1. The van der Waals surface area contributed by atoms with Crippen molar-refractivity contribution >= 4 is 5.78 Å². The third kappa shape index (κ3) is 5.14. The third-order valence-electron chi connectivity index (χ3n) is 5.61. The monoisotopic (exact) mass is 388 g/mol. The van der Waals surface area contributed by atoms with Crippen LogP contribution in [-0.4, -0.2) is 81.3 Å². The van der Waals surface area contributed by atoms with Crippen LogP contribution in [0.1, 0.15) is 46.5 Å². The molecule has 8 heteroatoms. The molecular formula is C19H32O8. The summed E-state index contributed by atoms with van der Waals surface area (Å²) >= 11 is 0. The van der Waals surface area contributed by atoms with Gasteiger partial charge in [-0.15, -0.1) is 0 Å². The van der Waals surface area contributed by atoms with Gasteiger partial charge >= 0.3 is 0 Å². The Kier molecular flexibility index (Phi) is 7.54. The lowest BCUT2D eigenvalue weighted by atomic mass is 9.69. The maximum Gasteiger partial charge on any atom is 0.186 e. The Hall–Kier alpha value is -0.870. The summed E-state index contributed by atoms with van der Waals surface area (Å²) < 4.78 is 11.1. The summed E-state index contributed by atoms with van der Waals surface area (Å²) in [6.07, 6.45) is -5.23. The van der Waals surface area contributed by atoms with Crippen LogP contribution < -0.4 is 0 Å². The van der Waals surface area contributed by atoms with Gasteiger partial charge in [-0.3, -0.25) is 0 Å². The largest absolute Gasteiger partial charge is 0.394 e. The number of carbonyl (C=O) groups excluding carboxylic acids is 1. The van der Waals surface area contributed by atoms with E-state index >= 15 is 0 Å². The van der Waals surface area contributed by atoms with Gasteiger partial charge in [0.1, 0.15) is 30.2 Å². The topological polar surface area (TPSA) is 137 Å². The van der Waals surface area contributed by atoms with Crippen molar-refractivity contribution in [1.82, 2.24) is 0 Å². The van der Waals surface area contributed by atoms with Crippen molar-refractivity contribution in [3.8, 4) is 0 Å². The molecular weight excluding hydrogens is 356 g/mol. The summed E-state index contributed by atoms with van der Waals surface area (Å²) in [6, 6.07) is 0. The van der Waals surface area contributed by atoms with Gasteiger partial charge in [0, 0.05) is 11.8 Å². The van der Waals surface area contributed by atoms with Gasteiger partial charge in [0.15, 0.2) is 6.29 Å². The first kappa shape index (κ1) is 22.4. The number of hydrogen-bond acceptors (Lipinski definition) is 8. The van der Waals surface area contributed by atoms with E-state index in [1.54, 1.807) is 0 Å². The zero-order valence-electron chi connectivity index (χ0n) is 16.2. The van der Waals surface area contributed by atoms with E-state index in [9.17, 15) is 30.3 Å². The van der Waals surface area contributed by atoms with Crippen molar-refractivity contribution < 1.29 is 39.8 Å². The van der Waals surface area contributed by atoms with E-state index in [-0.39, 0.29) is 12.4 Å².